The molecule has 5 nitrogen and oxygen atoms in total. The first-order chi connectivity index (χ1) is 12.3. The standard InChI is InChI=1S/C17H12ClF3N4O/c1-10-8-14(23-16(26)13-6-3-7-22-15(13)18)25(24-10)12-5-2-4-11(9-12)17(19,20)21/h2-9H,1H3,(H,23,26). The third-order valence-electron chi connectivity index (χ3n) is 3.49. The lowest BCUT2D eigenvalue weighted by molar-refractivity contribution is -0.137. The maximum absolute atomic E-state index is 12.9. The predicted molar refractivity (Wildman–Crippen MR) is 90.5 cm³/mol. The second kappa shape index (κ2) is 6.80. The summed E-state index contributed by atoms with van der Waals surface area (Å²) in [4.78, 5) is 16.2. The Morgan fingerprint density at radius 3 is 2.65 bits per heavy atom. The molecule has 0 unspecified atom stereocenters. The minimum atomic E-state index is -4.48. The molecule has 1 amide bonds. The van der Waals surface area contributed by atoms with Gasteiger partial charge in [-0.3, -0.25) is 4.79 Å². The Morgan fingerprint density at radius 1 is 1.19 bits per heavy atom. The molecule has 0 saturated heterocycles. The normalized spacial score (nSPS) is 11.4. The van der Waals surface area contributed by atoms with Crippen molar-refractivity contribution >= 4 is 23.3 Å². The van der Waals surface area contributed by atoms with Gasteiger partial charge in [0, 0.05) is 12.3 Å². The molecule has 1 N–H and O–H groups in total. The molecule has 2 aromatic heterocycles. The highest BCUT2D eigenvalue weighted by Gasteiger charge is 2.30. The number of anilines is 1. The van der Waals surface area contributed by atoms with E-state index in [9.17, 15) is 18.0 Å². The second-order valence-electron chi connectivity index (χ2n) is 5.43. The number of amides is 1. The third kappa shape index (κ3) is 3.70. The molecule has 0 aliphatic rings. The minimum absolute atomic E-state index is 0.0202. The Bertz CT molecular complexity index is 969. The number of carbonyl (C=O) groups excluding carboxylic acids is 1. The number of alkyl halides is 3. The van der Waals surface area contributed by atoms with Crippen molar-refractivity contribution in [3.05, 3.63) is 70.6 Å². The second-order valence-corrected chi connectivity index (χ2v) is 5.78. The Kier molecular flexibility index (Phi) is 4.69. The predicted octanol–water partition coefficient (Wildman–Crippen LogP) is 4.50. The summed E-state index contributed by atoms with van der Waals surface area (Å²) in [6.45, 7) is 1.66. The van der Waals surface area contributed by atoms with E-state index in [-0.39, 0.29) is 22.2 Å². The monoisotopic (exact) mass is 380 g/mol. The van der Waals surface area contributed by atoms with Gasteiger partial charge in [-0.25, -0.2) is 9.67 Å². The first-order valence-electron chi connectivity index (χ1n) is 7.42. The summed E-state index contributed by atoms with van der Waals surface area (Å²) in [5.41, 5.74) is 0.0230. The summed E-state index contributed by atoms with van der Waals surface area (Å²) < 4.78 is 40.1. The Labute approximate surface area is 151 Å². The highest BCUT2D eigenvalue weighted by Crippen LogP contribution is 2.31. The molecule has 134 valence electrons. The van der Waals surface area contributed by atoms with Gasteiger partial charge in [-0.15, -0.1) is 0 Å². The first-order valence-corrected chi connectivity index (χ1v) is 7.79. The van der Waals surface area contributed by atoms with E-state index in [1.807, 2.05) is 0 Å². The maximum atomic E-state index is 12.9. The number of nitrogens with zero attached hydrogens (tertiary/aromatic N) is 3. The lowest BCUT2D eigenvalue weighted by atomic mass is 10.2. The van der Waals surface area contributed by atoms with Crippen molar-refractivity contribution in [2.45, 2.75) is 13.1 Å². The number of carbonyl (C=O) groups is 1. The summed E-state index contributed by atoms with van der Waals surface area (Å²) >= 11 is 5.90. The molecule has 0 aliphatic heterocycles. The summed E-state index contributed by atoms with van der Waals surface area (Å²) in [7, 11) is 0. The van der Waals surface area contributed by atoms with Crippen LogP contribution in [0.2, 0.25) is 5.15 Å². The van der Waals surface area contributed by atoms with Crippen molar-refractivity contribution in [2.24, 2.45) is 0 Å². The molecule has 3 aromatic rings. The van der Waals surface area contributed by atoms with E-state index >= 15 is 0 Å². The van der Waals surface area contributed by atoms with E-state index in [2.05, 4.69) is 15.4 Å². The van der Waals surface area contributed by atoms with Crippen LogP contribution in [0.15, 0.2) is 48.7 Å². The van der Waals surface area contributed by atoms with Gasteiger partial charge >= 0.3 is 6.18 Å². The Balaban J connectivity index is 1.97. The van der Waals surface area contributed by atoms with Crippen molar-refractivity contribution in [1.82, 2.24) is 14.8 Å². The van der Waals surface area contributed by atoms with Crippen LogP contribution in [0.5, 0.6) is 0 Å². The molecule has 1 aromatic carbocycles. The average molecular weight is 381 g/mol. The Hall–Kier alpha value is -2.87. The molecule has 3 rings (SSSR count). The van der Waals surface area contributed by atoms with Crippen LogP contribution in [-0.2, 0) is 6.18 Å². The fourth-order valence-electron chi connectivity index (χ4n) is 2.34. The van der Waals surface area contributed by atoms with Gasteiger partial charge in [-0.1, -0.05) is 17.7 Å². The van der Waals surface area contributed by atoms with Gasteiger partial charge in [-0.2, -0.15) is 18.3 Å². The van der Waals surface area contributed by atoms with E-state index < -0.39 is 17.6 Å². The van der Waals surface area contributed by atoms with Gasteiger partial charge in [0.15, 0.2) is 0 Å². The molecular formula is C17H12ClF3N4O. The van der Waals surface area contributed by atoms with E-state index in [0.717, 1.165) is 12.1 Å². The van der Waals surface area contributed by atoms with Crippen LogP contribution in [0.3, 0.4) is 0 Å². The van der Waals surface area contributed by atoms with E-state index in [0.29, 0.717) is 5.69 Å². The number of aryl methyl sites for hydroxylation is 1. The average Bonchev–Trinajstić information content (AvgIpc) is 2.95. The number of hydrogen-bond donors (Lipinski definition) is 1. The van der Waals surface area contributed by atoms with Crippen LogP contribution in [-0.4, -0.2) is 20.7 Å². The smallest absolute Gasteiger partial charge is 0.306 e. The molecule has 0 bridgehead atoms. The lowest BCUT2D eigenvalue weighted by Gasteiger charge is -2.12. The van der Waals surface area contributed by atoms with E-state index in [4.69, 9.17) is 11.6 Å². The molecule has 0 atom stereocenters. The summed E-state index contributed by atoms with van der Waals surface area (Å²) in [5, 5.41) is 6.78. The molecule has 2 heterocycles. The van der Waals surface area contributed by atoms with Gasteiger partial charge in [0.1, 0.15) is 11.0 Å². The topological polar surface area (TPSA) is 59.8 Å². The number of benzene rings is 1. The van der Waals surface area contributed by atoms with Crippen molar-refractivity contribution in [3.63, 3.8) is 0 Å². The largest absolute Gasteiger partial charge is 0.416 e. The third-order valence-corrected chi connectivity index (χ3v) is 3.80. The SMILES string of the molecule is Cc1cc(NC(=O)c2cccnc2Cl)n(-c2cccc(C(F)(F)F)c2)n1. The van der Waals surface area contributed by atoms with Crippen molar-refractivity contribution in [3.8, 4) is 5.69 Å². The van der Waals surface area contributed by atoms with Gasteiger partial charge in [0.2, 0.25) is 0 Å². The Morgan fingerprint density at radius 2 is 1.96 bits per heavy atom. The highest BCUT2D eigenvalue weighted by molar-refractivity contribution is 6.33. The van der Waals surface area contributed by atoms with Crippen molar-refractivity contribution < 1.29 is 18.0 Å². The van der Waals surface area contributed by atoms with Crippen LogP contribution >= 0.6 is 11.6 Å². The molecule has 0 radical (unpaired) electrons. The van der Waals surface area contributed by atoms with Crippen molar-refractivity contribution in [1.29, 1.82) is 0 Å². The van der Waals surface area contributed by atoms with Gasteiger partial charge in [-0.05, 0) is 37.3 Å². The fraction of sp³-hybridized carbons (Fsp3) is 0.118. The van der Waals surface area contributed by atoms with Crippen LogP contribution < -0.4 is 5.32 Å². The molecule has 0 spiro atoms. The molecular weight excluding hydrogens is 369 g/mol. The van der Waals surface area contributed by atoms with Gasteiger partial charge in [0.05, 0.1) is 22.5 Å². The van der Waals surface area contributed by atoms with Crippen LogP contribution in [0.4, 0.5) is 19.0 Å². The van der Waals surface area contributed by atoms with E-state index in [1.54, 1.807) is 19.1 Å². The number of halogens is 4. The molecule has 26 heavy (non-hydrogen) atoms. The number of aromatic nitrogens is 3. The van der Waals surface area contributed by atoms with Crippen LogP contribution in [0.25, 0.3) is 5.69 Å². The van der Waals surface area contributed by atoms with Crippen LogP contribution in [0.1, 0.15) is 21.6 Å². The zero-order valence-corrected chi connectivity index (χ0v) is 14.1. The van der Waals surface area contributed by atoms with Gasteiger partial charge < -0.3 is 5.32 Å². The summed E-state index contributed by atoms with van der Waals surface area (Å²) in [5.74, 6) is -0.331. The number of pyridine rings is 1. The summed E-state index contributed by atoms with van der Waals surface area (Å²) in [6.07, 6.45) is -3.04. The van der Waals surface area contributed by atoms with E-state index in [1.165, 1.54) is 29.1 Å². The van der Waals surface area contributed by atoms with Gasteiger partial charge in [0.25, 0.3) is 5.91 Å². The fourth-order valence-corrected chi connectivity index (χ4v) is 2.54. The van der Waals surface area contributed by atoms with Crippen molar-refractivity contribution in [2.75, 3.05) is 5.32 Å². The zero-order valence-electron chi connectivity index (χ0n) is 13.4. The molecule has 0 fully saturated rings. The molecule has 9 heteroatoms. The molecule has 0 aliphatic carbocycles. The maximum Gasteiger partial charge on any atom is 0.416 e. The van der Waals surface area contributed by atoms with Crippen LogP contribution in [0, 0.1) is 6.92 Å². The first kappa shape index (κ1) is 17.9. The lowest BCUT2D eigenvalue weighted by Crippen LogP contribution is -2.16. The quantitative estimate of drug-likeness (QED) is 0.680. The summed E-state index contributed by atoms with van der Waals surface area (Å²) in [6, 6.07) is 9.25. The number of nitrogens with one attached hydrogen (secondary N) is 1. The minimum Gasteiger partial charge on any atom is -0.306 e. The zero-order chi connectivity index (χ0) is 18.9. The highest BCUT2D eigenvalue weighted by atomic mass is 35.5. The number of rotatable bonds is 3. The molecule has 0 saturated carbocycles. The number of hydrogen-bond acceptors (Lipinski definition) is 3.